The highest BCUT2D eigenvalue weighted by atomic mass is 14.8. The van der Waals surface area contributed by atoms with Gasteiger partial charge in [0.05, 0.1) is 22.8 Å². The van der Waals surface area contributed by atoms with Gasteiger partial charge in [-0.05, 0) is 130 Å². The van der Waals surface area contributed by atoms with Gasteiger partial charge in [0.1, 0.15) is 0 Å². The Hall–Kier alpha value is -5.74. The van der Waals surface area contributed by atoms with Gasteiger partial charge >= 0.3 is 0 Å². The SMILES string of the molecule is CCCCCCc1cc(-c2ccc(-c3ccnc(-c4ccccn4)c3)cc2)c(CCCCCC)cc1-c1ccc(-c2ccnc(-c3ccccn3)c2)cc1. The number of unbranched alkanes of at least 4 members (excludes halogenated alkanes) is 6. The third kappa shape index (κ3) is 9.06. The fourth-order valence-corrected chi connectivity index (χ4v) is 7.34. The van der Waals surface area contributed by atoms with Gasteiger partial charge in [-0.2, -0.15) is 0 Å². The van der Waals surface area contributed by atoms with Gasteiger partial charge in [-0.1, -0.05) is 125 Å². The summed E-state index contributed by atoms with van der Waals surface area (Å²) in [6.07, 6.45) is 19.5. The molecule has 4 heteroatoms. The lowest BCUT2D eigenvalue weighted by atomic mass is 9.86. The van der Waals surface area contributed by atoms with Crippen LogP contribution in [0.4, 0.5) is 0 Å². The number of rotatable bonds is 16. The third-order valence-corrected chi connectivity index (χ3v) is 10.4. The van der Waals surface area contributed by atoms with Crippen LogP contribution in [-0.4, -0.2) is 19.9 Å². The zero-order chi connectivity index (χ0) is 37.0. The molecule has 0 saturated carbocycles. The number of nitrogens with zero attached hydrogens (tertiary/aromatic N) is 4. The average molecular weight is 707 g/mol. The molecule has 3 aromatic carbocycles. The monoisotopic (exact) mass is 706 g/mol. The third-order valence-electron chi connectivity index (χ3n) is 10.4. The van der Waals surface area contributed by atoms with Gasteiger partial charge in [-0.15, -0.1) is 0 Å². The van der Waals surface area contributed by atoms with Crippen LogP contribution in [0.15, 0.2) is 146 Å². The van der Waals surface area contributed by atoms with E-state index in [1.807, 2.05) is 61.2 Å². The fourth-order valence-electron chi connectivity index (χ4n) is 7.34. The number of aromatic nitrogens is 4. The van der Waals surface area contributed by atoms with Crippen molar-refractivity contribution in [2.45, 2.75) is 78.1 Å². The summed E-state index contributed by atoms with van der Waals surface area (Å²) in [5.74, 6) is 0. The van der Waals surface area contributed by atoms with Crippen LogP contribution in [-0.2, 0) is 12.8 Å². The lowest BCUT2D eigenvalue weighted by molar-refractivity contribution is 0.664. The zero-order valence-corrected chi connectivity index (χ0v) is 31.7. The van der Waals surface area contributed by atoms with Gasteiger partial charge in [0, 0.05) is 24.8 Å². The molecule has 0 aliphatic heterocycles. The lowest BCUT2D eigenvalue weighted by Gasteiger charge is -2.18. The van der Waals surface area contributed by atoms with E-state index in [0.29, 0.717) is 0 Å². The summed E-state index contributed by atoms with van der Waals surface area (Å²) in [5, 5.41) is 0. The summed E-state index contributed by atoms with van der Waals surface area (Å²) >= 11 is 0. The summed E-state index contributed by atoms with van der Waals surface area (Å²) in [6.45, 7) is 4.57. The van der Waals surface area contributed by atoms with Crippen molar-refractivity contribution in [1.29, 1.82) is 0 Å². The normalized spacial score (nSPS) is 11.1. The van der Waals surface area contributed by atoms with E-state index in [2.05, 4.69) is 119 Å². The highest BCUT2D eigenvalue weighted by molar-refractivity contribution is 5.80. The zero-order valence-electron chi connectivity index (χ0n) is 31.7. The largest absolute Gasteiger partial charge is 0.255 e. The molecule has 0 aliphatic carbocycles. The summed E-state index contributed by atoms with van der Waals surface area (Å²) < 4.78 is 0. The highest BCUT2D eigenvalue weighted by Crippen LogP contribution is 2.37. The maximum Gasteiger partial charge on any atom is 0.0892 e. The van der Waals surface area contributed by atoms with Gasteiger partial charge < -0.3 is 0 Å². The van der Waals surface area contributed by atoms with Crippen LogP contribution in [0.2, 0.25) is 0 Å². The molecule has 0 saturated heterocycles. The predicted molar refractivity (Wildman–Crippen MR) is 226 cm³/mol. The maximum atomic E-state index is 4.60. The Morgan fingerprint density at radius 3 is 1.13 bits per heavy atom. The minimum Gasteiger partial charge on any atom is -0.255 e. The Balaban J connectivity index is 1.23. The van der Waals surface area contributed by atoms with Crippen molar-refractivity contribution in [3.63, 3.8) is 0 Å². The Morgan fingerprint density at radius 2 is 0.741 bits per heavy atom. The standard InChI is InChI=1S/C50H50N4/c1-3-5-7-9-15-43-33-46(40-25-21-38(22-26-40)42-28-32-54-50(36-42)48-18-12-14-30-52-48)44(16-10-8-6-4-2)34-45(43)39-23-19-37(20-24-39)41-27-31-53-49(35-41)47-17-11-13-29-51-47/h11-14,17-36H,3-10,15-16H2,1-2H3. The molecule has 7 rings (SSSR count). The summed E-state index contributed by atoms with van der Waals surface area (Å²) in [7, 11) is 0. The molecular weight excluding hydrogens is 657 g/mol. The second-order valence-electron chi connectivity index (χ2n) is 14.2. The van der Waals surface area contributed by atoms with E-state index < -0.39 is 0 Å². The van der Waals surface area contributed by atoms with Crippen molar-refractivity contribution in [1.82, 2.24) is 19.9 Å². The lowest BCUT2D eigenvalue weighted by Crippen LogP contribution is -1.99. The second-order valence-corrected chi connectivity index (χ2v) is 14.2. The molecule has 4 aromatic heterocycles. The molecule has 0 spiro atoms. The molecule has 54 heavy (non-hydrogen) atoms. The van der Waals surface area contributed by atoms with E-state index in [-0.39, 0.29) is 0 Å². The first-order valence-electron chi connectivity index (χ1n) is 19.8. The second kappa shape index (κ2) is 18.3. The first kappa shape index (κ1) is 36.6. The molecule has 0 N–H and O–H groups in total. The number of aryl methyl sites for hydroxylation is 2. The average Bonchev–Trinajstić information content (AvgIpc) is 3.25. The molecular formula is C50H50N4. The Kier molecular flexibility index (Phi) is 12.4. The van der Waals surface area contributed by atoms with Crippen molar-refractivity contribution >= 4 is 0 Å². The maximum absolute atomic E-state index is 4.60. The first-order chi connectivity index (χ1) is 26.7. The summed E-state index contributed by atoms with van der Waals surface area (Å²) in [6, 6.07) is 43.7. The van der Waals surface area contributed by atoms with Crippen molar-refractivity contribution in [2.24, 2.45) is 0 Å². The van der Waals surface area contributed by atoms with Gasteiger partial charge in [0.2, 0.25) is 0 Å². The molecule has 7 aromatic rings. The van der Waals surface area contributed by atoms with Gasteiger partial charge in [0.25, 0.3) is 0 Å². The quantitative estimate of drug-likeness (QED) is 0.0939. The number of benzene rings is 3. The van der Waals surface area contributed by atoms with Crippen molar-refractivity contribution in [2.75, 3.05) is 0 Å². The molecule has 0 unspecified atom stereocenters. The predicted octanol–water partition coefficient (Wildman–Crippen LogP) is 13.5. The Bertz CT molecular complexity index is 2060. The van der Waals surface area contributed by atoms with Crippen LogP contribution in [0.3, 0.4) is 0 Å². The molecule has 0 bridgehead atoms. The van der Waals surface area contributed by atoms with Crippen LogP contribution in [0.25, 0.3) is 67.3 Å². The van der Waals surface area contributed by atoms with Crippen LogP contribution in [0.1, 0.15) is 76.3 Å². The molecule has 0 radical (unpaired) electrons. The van der Waals surface area contributed by atoms with Crippen molar-refractivity contribution in [3.8, 4) is 67.3 Å². The van der Waals surface area contributed by atoms with Crippen LogP contribution in [0, 0.1) is 0 Å². The minimum atomic E-state index is 0.886. The topological polar surface area (TPSA) is 51.6 Å². The van der Waals surface area contributed by atoms with E-state index in [0.717, 1.165) is 46.7 Å². The number of hydrogen-bond acceptors (Lipinski definition) is 4. The van der Waals surface area contributed by atoms with Crippen LogP contribution < -0.4 is 0 Å². The van der Waals surface area contributed by atoms with E-state index in [4.69, 9.17) is 0 Å². The van der Waals surface area contributed by atoms with E-state index >= 15 is 0 Å². The molecule has 0 fully saturated rings. The minimum absolute atomic E-state index is 0.886. The molecule has 4 heterocycles. The highest BCUT2D eigenvalue weighted by Gasteiger charge is 2.15. The number of pyridine rings is 4. The first-order valence-corrected chi connectivity index (χ1v) is 19.8. The van der Waals surface area contributed by atoms with Gasteiger partial charge in [-0.25, -0.2) is 0 Å². The molecule has 0 amide bonds. The van der Waals surface area contributed by atoms with E-state index in [1.54, 1.807) is 0 Å². The molecule has 0 atom stereocenters. The van der Waals surface area contributed by atoms with Crippen molar-refractivity contribution < 1.29 is 0 Å². The van der Waals surface area contributed by atoms with E-state index in [1.165, 1.54) is 95.9 Å². The van der Waals surface area contributed by atoms with Crippen LogP contribution in [0.5, 0.6) is 0 Å². The molecule has 270 valence electrons. The number of hydrogen-bond donors (Lipinski definition) is 0. The molecule has 0 aliphatic rings. The van der Waals surface area contributed by atoms with Gasteiger partial charge in [-0.3, -0.25) is 19.9 Å². The molecule has 4 nitrogen and oxygen atoms in total. The summed E-state index contributed by atoms with van der Waals surface area (Å²) in [5.41, 5.74) is 16.4. The van der Waals surface area contributed by atoms with Gasteiger partial charge in [0.15, 0.2) is 0 Å². The Labute approximate surface area is 321 Å². The van der Waals surface area contributed by atoms with Crippen molar-refractivity contribution in [3.05, 3.63) is 157 Å². The summed E-state index contributed by atoms with van der Waals surface area (Å²) in [4.78, 5) is 18.2. The van der Waals surface area contributed by atoms with E-state index in [9.17, 15) is 0 Å². The van der Waals surface area contributed by atoms with Crippen LogP contribution >= 0.6 is 0 Å². The Morgan fingerprint density at radius 1 is 0.333 bits per heavy atom. The fraction of sp³-hybridized carbons (Fsp3) is 0.240. The smallest absolute Gasteiger partial charge is 0.0892 e.